The Morgan fingerprint density at radius 2 is 2.11 bits per heavy atom. The van der Waals surface area contributed by atoms with Crippen molar-refractivity contribution in [1.29, 1.82) is 0 Å². The molecule has 18 heavy (non-hydrogen) atoms. The molecule has 9 heteroatoms. The molecule has 4 N–H and O–H groups in total. The summed E-state index contributed by atoms with van der Waals surface area (Å²) >= 11 is 0. The maximum absolute atomic E-state index is 12.1. The molecule has 1 aromatic heterocycles. The van der Waals surface area contributed by atoms with Gasteiger partial charge in [0, 0.05) is 18.3 Å². The van der Waals surface area contributed by atoms with E-state index in [1.165, 1.54) is 0 Å². The van der Waals surface area contributed by atoms with E-state index >= 15 is 0 Å². The van der Waals surface area contributed by atoms with Crippen molar-refractivity contribution < 1.29 is 27.8 Å². The molecule has 0 unspecified atom stereocenters. The first-order valence-corrected chi connectivity index (χ1v) is 4.65. The minimum Gasteiger partial charge on any atom is -0.481 e. The van der Waals surface area contributed by atoms with Gasteiger partial charge in [0.1, 0.15) is 5.75 Å². The number of H-pyrrole nitrogens is 1. The van der Waals surface area contributed by atoms with E-state index in [-0.39, 0.29) is 5.69 Å². The molecule has 0 fully saturated rings. The van der Waals surface area contributed by atoms with E-state index in [4.69, 9.17) is 10.8 Å². The van der Waals surface area contributed by atoms with E-state index in [9.17, 15) is 22.8 Å². The van der Waals surface area contributed by atoms with Crippen LogP contribution in [-0.4, -0.2) is 22.4 Å². The molecule has 0 amide bonds. The van der Waals surface area contributed by atoms with Crippen molar-refractivity contribution in [2.75, 3.05) is 0 Å². The summed E-state index contributed by atoms with van der Waals surface area (Å²) in [6, 6.07) is 0.797. The van der Waals surface area contributed by atoms with Crippen LogP contribution < -0.4 is 16.0 Å². The van der Waals surface area contributed by atoms with Gasteiger partial charge in [-0.15, -0.1) is 13.2 Å². The Morgan fingerprint density at radius 3 is 2.56 bits per heavy atom. The highest BCUT2D eigenvalue weighted by Gasteiger charge is 2.32. The average Bonchev–Trinajstić information content (AvgIpc) is 2.13. The lowest BCUT2D eigenvalue weighted by molar-refractivity contribution is -0.275. The Balaban J connectivity index is 3.23. The van der Waals surface area contributed by atoms with Crippen LogP contribution in [0.1, 0.15) is 11.3 Å². The fourth-order valence-electron chi connectivity index (χ4n) is 1.28. The molecular weight excluding hydrogens is 257 g/mol. The standard InChI is InChI=1S/C9H9F3N2O4/c10-9(11,12)18-6-1-4(2-7(15)16)14-8(17)5(6)3-13/h1H,2-3,13H2,(H,14,17)(H,15,16). The average molecular weight is 266 g/mol. The Morgan fingerprint density at radius 1 is 1.50 bits per heavy atom. The summed E-state index contributed by atoms with van der Waals surface area (Å²) in [5.41, 5.74) is 3.62. The van der Waals surface area contributed by atoms with E-state index in [1.807, 2.05) is 0 Å². The molecule has 0 atom stereocenters. The van der Waals surface area contributed by atoms with Crippen LogP contribution in [-0.2, 0) is 17.8 Å². The predicted octanol–water partition coefficient (Wildman–Crippen LogP) is 0.359. The smallest absolute Gasteiger partial charge is 0.481 e. The van der Waals surface area contributed by atoms with E-state index in [0.717, 1.165) is 6.07 Å². The van der Waals surface area contributed by atoms with Gasteiger partial charge in [0.05, 0.1) is 12.0 Å². The Bertz CT molecular complexity index is 510. The second-order valence-electron chi connectivity index (χ2n) is 3.29. The number of halogens is 3. The number of hydrogen-bond donors (Lipinski definition) is 3. The molecule has 0 aliphatic rings. The topological polar surface area (TPSA) is 105 Å². The zero-order valence-corrected chi connectivity index (χ0v) is 8.87. The van der Waals surface area contributed by atoms with Gasteiger partial charge in [-0.2, -0.15) is 0 Å². The van der Waals surface area contributed by atoms with E-state index in [2.05, 4.69) is 9.72 Å². The second-order valence-corrected chi connectivity index (χ2v) is 3.29. The van der Waals surface area contributed by atoms with Crippen LogP contribution in [0, 0.1) is 0 Å². The highest BCUT2D eigenvalue weighted by Crippen LogP contribution is 2.24. The van der Waals surface area contributed by atoms with Gasteiger partial charge >= 0.3 is 12.3 Å². The molecule has 0 saturated carbocycles. The van der Waals surface area contributed by atoms with Gasteiger partial charge in [-0.1, -0.05) is 0 Å². The van der Waals surface area contributed by atoms with Gasteiger partial charge in [-0.25, -0.2) is 0 Å². The van der Waals surface area contributed by atoms with Crippen molar-refractivity contribution in [3.8, 4) is 5.75 Å². The lowest BCUT2D eigenvalue weighted by atomic mass is 10.2. The number of hydrogen-bond acceptors (Lipinski definition) is 4. The zero-order chi connectivity index (χ0) is 13.9. The number of aromatic amines is 1. The number of carboxylic acid groups (broad SMARTS) is 1. The molecule has 0 aliphatic heterocycles. The predicted molar refractivity (Wildman–Crippen MR) is 53.0 cm³/mol. The van der Waals surface area contributed by atoms with Gasteiger partial charge in [0.2, 0.25) is 0 Å². The number of nitrogens with two attached hydrogens (primary N) is 1. The van der Waals surface area contributed by atoms with Crippen LogP contribution in [0.25, 0.3) is 0 Å². The number of nitrogens with one attached hydrogen (secondary N) is 1. The van der Waals surface area contributed by atoms with Crippen molar-refractivity contribution in [2.24, 2.45) is 5.73 Å². The first-order valence-electron chi connectivity index (χ1n) is 4.65. The van der Waals surface area contributed by atoms with Crippen molar-refractivity contribution in [3.05, 3.63) is 27.7 Å². The summed E-state index contributed by atoms with van der Waals surface area (Å²) in [4.78, 5) is 23.9. The number of ether oxygens (including phenoxy) is 1. The highest BCUT2D eigenvalue weighted by molar-refractivity contribution is 5.69. The first-order chi connectivity index (χ1) is 8.23. The maximum Gasteiger partial charge on any atom is 0.573 e. The van der Waals surface area contributed by atoms with Crippen molar-refractivity contribution >= 4 is 5.97 Å². The molecule has 0 radical (unpaired) electrons. The molecule has 0 bridgehead atoms. The highest BCUT2D eigenvalue weighted by atomic mass is 19.4. The molecule has 6 nitrogen and oxygen atoms in total. The number of carbonyl (C=O) groups is 1. The van der Waals surface area contributed by atoms with Gasteiger partial charge in [0.25, 0.3) is 5.56 Å². The lowest BCUT2D eigenvalue weighted by Gasteiger charge is -2.12. The fourth-order valence-corrected chi connectivity index (χ4v) is 1.28. The molecular formula is C9H9F3N2O4. The third kappa shape index (κ3) is 3.77. The zero-order valence-electron chi connectivity index (χ0n) is 8.87. The minimum atomic E-state index is -4.99. The lowest BCUT2D eigenvalue weighted by Crippen LogP contribution is -2.25. The quantitative estimate of drug-likeness (QED) is 0.729. The molecule has 0 aliphatic carbocycles. The van der Waals surface area contributed by atoms with Crippen molar-refractivity contribution in [2.45, 2.75) is 19.3 Å². The molecule has 100 valence electrons. The molecule has 0 saturated heterocycles. The molecule has 1 aromatic rings. The molecule has 1 rings (SSSR count). The van der Waals surface area contributed by atoms with Crippen molar-refractivity contribution in [1.82, 2.24) is 4.98 Å². The van der Waals surface area contributed by atoms with E-state index in [0.29, 0.717) is 0 Å². The van der Waals surface area contributed by atoms with Crippen LogP contribution in [0.4, 0.5) is 13.2 Å². The summed E-state index contributed by atoms with van der Waals surface area (Å²) in [7, 11) is 0. The number of pyridine rings is 1. The number of carboxylic acids is 1. The Hall–Kier alpha value is -2.03. The van der Waals surface area contributed by atoms with Gasteiger partial charge in [-0.05, 0) is 0 Å². The molecule has 0 aromatic carbocycles. The van der Waals surface area contributed by atoms with Gasteiger partial charge < -0.3 is 20.6 Å². The number of aromatic nitrogens is 1. The summed E-state index contributed by atoms with van der Waals surface area (Å²) in [5, 5.41) is 8.50. The van der Waals surface area contributed by atoms with Crippen LogP contribution in [0.15, 0.2) is 10.9 Å². The largest absolute Gasteiger partial charge is 0.573 e. The number of rotatable bonds is 4. The number of aliphatic carboxylic acids is 1. The maximum atomic E-state index is 12.1. The second kappa shape index (κ2) is 5.08. The summed E-state index contributed by atoms with van der Waals surface area (Å²) in [6.07, 6.45) is -5.62. The normalized spacial score (nSPS) is 11.3. The van der Waals surface area contributed by atoms with Gasteiger partial charge in [0.15, 0.2) is 0 Å². The Kier molecular flexibility index (Phi) is 3.96. The van der Waals surface area contributed by atoms with Crippen LogP contribution in [0.5, 0.6) is 5.75 Å². The molecule has 1 heterocycles. The van der Waals surface area contributed by atoms with Gasteiger partial charge in [-0.3, -0.25) is 9.59 Å². The summed E-state index contributed by atoms with van der Waals surface area (Å²) in [6.45, 7) is -0.464. The SMILES string of the molecule is NCc1c(OC(F)(F)F)cc(CC(=O)O)[nH]c1=O. The monoisotopic (exact) mass is 266 g/mol. The third-order valence-corrected chi connectivity index (χ3v) is 1.92. The van der Waals surface area contributed by atoms with Crippen LogP contribution in [0.3, 0.4) is 0 Å². The van der Waals surface area contributed by atoms with E-state index in [1.54, 1.807) is 0 Å². The van der Waals surface area contributed by atoms with Crippen LogP contribution >= 0.6 is 0 Å². The fraction of sp³-hybridized carbons (Fsp3) is 0.333. The Labute approximate surface area is 98.2 Å². The summed E-state index contributed by atoms with van der Waals surface area (Å²) < 4.78 is 39.9. The van der Waals surface area contributed by atoms with E-state index < -0.39 is 42.2 Å². The molecule has 0 spiro atoms. The number of alkyl halides is 3. The summed E-state index contributed by atoms with van der Waals surface area (Å²) in [5.74, 6) is -2.09. The minimum absolute atomic E-state index is 0.205. The van der Waals surface area contributed by atoms with Crippen LogP contribution in [0.2, 0.25) is 0 Å². The first kappa shape index (κ1) is 14.0. The third-order valence-electron chi connectivity index (χ3n) is 1.92. The van der Waals surface area contributed by atoms with Crippen molar-refractivity contribution in [3.63, 3.8) is 0 Å².